The van der Waals surface area contributed by atoms with Crippen molar-refractivity contribution in [3.63, 3.8) is 0 Å². The molecular weight excluding hydrogens is 320 g/mol. The summed E-state index contributed by atoms with van der Waals surface area (Å²) in [6, 6.07) is 2.86. The van der Waals surface area contributed by atoms with Gasteiger partial charge in [-0.25, -0.2) is 0 Å². The quantitative estimate of drug-likeness (QED) is 0.188. The lowest BCUT2D eigenvalue weighted by Gasteiger charge is -2.02. The second kappa shape index (κ2) is 26.6. The smallest absolute Gasteiger partial charge is 0.0220 e. The number of alkyl halides is 1. The predicted octanol–water partition coefficient (Wildman–Crippen LogP) is 5.65. The molecule has 0 radical (unpaired) electrons. The summed E-state index contributed by atoms with van der Waals surface area (Å²) in [6.07, 6.45) is 21.9. The second-order valence-corrected chi connectivity index (χ2v) is 9.02. The monoisotopic (exact) mass is 364 g/mol. The third-order valence-electron chi connectivity index (χ3n) is 4.19. The van der Waals surface area contributed by atoms with Crippen LogP contribution >= 0.6 is 11.6 Å². The van der Waals surface area contributed by atoms with E-state index in [1.807, 2.05) is 0 Å². The average Bonchev–Trinajstić information content (AvgIpc) is 2.53. The highest BCUT2D eigenvalue weighted by Crippen LogP contribution is 2.13. The predicted molar refractivity (Wildman–Crippen MR) is 115 cm³/mol. The van der Waals surface area contributed by atoms with E-state index in [-0.39, 0.29) is 0 Å². The lowest BCUT2D eigenvalue weighted by Crippen LogP contribution is -1.83. The number of halogens is 1. The van der Waals surface area contributed by atoms with E-state index in [1.165, 1.54) is 129 Å². The van der Waals surface area contributed by atoms with Gasteiger partial charge in [-0.1, -0.05) is 109 Å². The average molecular weight is 365 g/mol. The fourth-order valence-corrected chi connectivity index (χ4v) is 4.15. The molecule has 0 aliphatic carbocycles. The minimum Gasteiger partial charge on any atom is -0.127 e. The first-order valence-electron chi connectivity index (χ1n) is 10.4. The zero-order chi connectivity index (χ0) is 16.7. The molecule has 0 nitrogen and oxygen atoms in total. The van der Waals surface area contributed by atoms with E-state index in [0.717, 1.165) is 5.88 Å². The Balaban J connectivity index is 0. The Morgan fingerprint density at radius 3 is 1.05 bits per heavy atom. The molecule has 0 rings (SSSR count). The van der Waals surface area contributed by atoms with E-state index in [2.05, 4.69) is 6.92 Å². The van der Waals surface area contributed by atoms with Crippen LogP contribution in [0.15, 0.2) is 0 Å². The van der Waals surface area contributed by atoms with Crippen molar-refractivity contribution in [3.8, 4) is 0 Å². The minimum absolute atomic E-state index is 0.851. The fraction of sp³-hybridized carbons (Fsp3) is 1.00. The molecular formula is C19H45ClSi2. The molecule has 22 heavy (non-hydrogen) atoms. The van der Waals surface area contributed by atoms with E-state index in [9.17, 15) is 0 Å². The summed E-state index contributed by atoms with van der Waals surface area (Å²) in [6.45, 7) is 2.29. The van der Waals surface area contributed by atoms with Gasteiger partial charge in [-0.05, 0) is 6.42 Å². The Morgan fingerprint density at radius 1 is 0.500 bits per heavy atom. The molecule has 136 valence electrons. The van der Waals surface area contributed by atoms with E-state index < -0.39 is 0 Å². The van der Waals surface area contributed by atoms with Crippen LogP contribution in [0, 0.1) is 0 Å². The van der Waals surface area contributed by atoms with Gasteiger partial charge in [0.1, 0.15) is 0 Å². The fourth-order valence-electron chi connectivity index (χ4n) is 2.58. The van der Waals surface area contributed by atoms with Gasteiger partial charge in [-0.2, -0.15) is 0 Å². The van der Waals surface area contributed by atoms with Gasteiger partial charge in [0.15, 0.2) is 0 Å². The normalized spacial score (nSPS) is 10.6. The SMILES string of the molecule is CCCCCCCCCCCCCCCC[SiH3].[SiH3]CCCCl. The van der Waals surface area contributed by atoms with Gasteiger partial charge in [0.25, 0.3) is 0 Å². The van der Waals surface area contributed by atoms with Crippen LogP contribution in [0.25, 0.3) is 0 Å². The van der Waals surface area contributed by atoms with Crippen LogP contribution < -0.4 is 0 Å². The van der Waals surface area contributed by atoms with Crippen LogP contribution in [0.3, 0.4) is 0 Å². The van der Waals surface area contributed by atoms with Crippen molar-refractivity contribution in [2.75, 3.05) is 5.88 Å². The van der Waals surface area contributed by atoms with E-state index in [0.29, 0.717) is 0 Å². The van der Waals surface area contributed by atoms with Crippen LogP contribution in [0.2, 0.25) is 12.1 Å². The molecule has 0 saturated carbocycles. The summed E-state index contributed by atoms with van der Waals surface area (Å²) in [4.78, 5) is 0. The third kappa shape index (κ3) is 28.8. The van der Waals surface area contributed by atoms with Crippen molar-refractivity contribution in [2.24, 2.45) is 0 Å². The van der Waals surface area contributed by atoms with Gasteiger partial charge in [-0.3, -0.25) is 0 Å². The molecule has 0 aliphatic heterocycles. The van der Waals surface area contributed by atoms with Crippen molar-refractivity contribution < 1.29 is 0 Å². The van der Waals surface area contributed by atoms with Crippen molar-refractivity contribution in [2.45, 2.75) is 115 Å². The second-order valence-electron chi connectivity index (χ2n) is 6.64. The maximum atomic E-state index is 5.32. The third-order valence-corrected chi connectivity index (χ3v) is 5.88. The van der Waals surface area contributed by atoms with Crippen LogP contribution in [-0.4, -0.2) is 26.4 Å². The lowest BCUT2D eigenvalue weighted by molar-refractivity contribution is 0.538. The molecule has 0 heterocycles. The number of rotatable bonds is 16. The molecule has 0 unspecified atom stereocenters. The lowest BCUT2D eigenvalue weighted by atomic mass is 10.0. The Hall–Kier alpha value is 0.724. The number of hydrogen-bond donors (Lipinski definition) is 0. The van der Waals surface area contributed by atoms with E-state index >= 15 is 0 Å². The summed E-state index contributed by atoms with van der Waals surface area (Å²) in [7, 11) is 2.72. The Kier molecular flexibility index (Phi) is 30.2. The molecule has 0 aromatic heterocycles. The number of unbranched alkanes of at least 4 members (excludes halogenated alkanes) is 13. The van der Waals surface area contributed by atoms with Crippen molar-refractivity contribution >= 4 is 32.1 Å². The molecule has 0 atom stereocenters. The zero-order valence-electron chi connectivity index (χ0n) is 16.1. The molecule has 0 fully saturated rings. The largest absolute Gasteiger partial charge is 0.127 e. The standard InChI is InChI=1S/C16H36Si.C3H9ClSi/c1-2-3-4-5-6-7-8-9-10-11-12-13-14-15-16-17;4-2-1-3-5/h2-16H2,1,17H3;1-3H2,5H3. The molecule has 3 heteroatoms. The first kappa shape index (κ1) is 25.0. The van der Waals surface area contributed by atoms with Crippen LogP contribution in [0.4, 0.5) is 0 Å². The van der Waals surface area contributed by atoms with Crippen LogP contribution in [0.5, 0.6) is 0 Å². The summed E-state index contributed by atoms with van der Waals surface area (Å²) in [5.74, 6) is 0.851. The van der Waals surface area contributed by atoms with Gasteiger partial charge < -0.3 is 0 Å². The molecule has 0 amide bonds. The van der Waals surface area contributed by atoms with Gasteiger partial charge in [0.2, 0.25) is 0 Å². The van der Waals surface area contributed by atoms with E-state index in [4.69, 9.17) is 11.6 Å². The summed E-state index contributed by atoms with van der Waals surface area (Å²) >= 11 is 5.32. The highest BCUT2D eigenvalue weighted by Gasteiger charge is 1.93. The van der Waals surface area contributed by atoms with Crippen molar-refractivity contribution in [1.82, 2.24) is 0 Å². The Bertz CT molecular complexity index is 150. The first-order chi connectivity index (χ1) is 10.8. The van der Waals surface area contributed by atoms with Gasteiger partial charge in [0, 0.05) is 26.4 Å². The highest BCUT2D eigenvalue weighted by atomic mass is 35.5. The van der Waals surface area contributed by atoms with Gasteiger partial charge in [-0.15, -0.1) is 11.6 Å². The first-order valence-corrected chi connectivity index (χ1v) is 13.8. The molecule has 0 aromatic carbocycles. The van der Waals surface area contributed by atoms with Crippen molar-refractivity contribution in [3.05, 3.63) is 0 Å². The number of hydrogen-bond acceptors (Lipinski definition) is 0. The van der Waals surface area contributed by atoms with Crippen LogP contribution in [0.1, 0.15) is 103 Å². The maximum Gasteiger partial charge on any atom is 0.0220 e. The van der Waals surface area contributed by atoms with Crippen molar-refractivity contribution in [1.29, 1.82) is 0 Å². The van der Waals surface area contributed by atoms with Gasteiger partial charge >= 0.3 is 0 Å². The molecule has 0 aliphatic rings. The van der Waals surface area contributed by atoms with Gasteiger partial charge in [0.05, 0.1) is 0 Å². The maximum absolute atomic E-state index is 5.32. The topological polar surface area (TPSA) is 0 Å². The highest BCUT2D eigenvalue weighted by molar-refractivity contribution is 6.18. The molecule has 0 aromatic rings. The molecule has 0 saturated heterocycles. The summed E-state index contributed by atoms with van der Waals surface area (Å²) < 4.78 is 0. The Labute approximate surface area is 153 Å². The summed E-state index contributed by atoms with van der Waals surface area (Å²) in [5.41, 5.74) is 0. The Morgan fingerprint density at radius 2 is 0.818 bits per heavy atom. The molecule has 0 bridgehead atoms. The molecule has 0 spiro atoms. The molecule has 0 N–H and O–H groups in total. The van der Waals surface area contributed by atoms with E-state index in [1.54, 1.807) is 0 Å². The van der Waals surface area contributed by atoms with Crippen LogP contribution in [-0.2, 0) is 0 Å². The summed E-state index contributed by atoms with van der Waals surface area (Å²) in [5, 5.41) is 0. The zero-order valence-corrected chi connectivity index (χ0v) is 20.9. The minimum atomic E-state index is 0.851.